The number of rotatable bonds is 5. The number of esters is 2. The highest BCUT2D eigenvalue weighted by Crippen LogP contribution is 2.14. The first-order chi connectivity index (χ1) is 8.08. The highest BCUT2D eigenvalue weighted by molar-refractivity contribution is 5.90. The normalized spacial score (nSPS) is 19.2. The maximum absolute atomic E-state index is 11.1. The lowest BCUT2D eigenvalue weighted by Crippen LogP contribution is -2.21. The largest absolute Gasteiger partial charge is 0.464 e. The lowest BCUT2D eigenvalue weighted by molar-refractivity contribution is -0.152. The number of cyclic esters (lactones) is 1. The van der Waals surface area contributed by atoms with Crippen LogP contribution < -0.4 is 5.32 Å². The molecule has 1 N–H and O–H groups in total. The molecule has 0 aromatic rings. The zero-order chi connectivity index (χ0) is 12.8. The number of hydrogen-bond donors (Lipinski definition) is 1. The summed E-state index contributed by atoms with van der Waals surface area (Å²) in [5.74, 6) is -1.27. The zero-order valence-electron chi connectivity index (χ0n) is 9.26. The topological polar surface area (TPSA) is 90.9 Å². The Morgan fingerprint density at radius 3 is 2.76 bits per heavy atom. The predicted octanol–water partition coefficient (Wildman–Crippen LogP) is -0.407. The summed E-state index contributed by atoms with van der Waals surface area (Å²) < 4.78 is 14.1. The van der Waals surface area contributed by atoms with Crippen LogP contribution in [0.25, 0.3) is 0 Å². The number of carbonyl (C=O) groups excluding carboxylic acids is 3. The van der Waals surface area contributed by atoms with Gasteiger partial charge in [-0.3, -0.25) is 4.79 Å². The Labute approximate surface area is 97.0 Å². The van der Waals surface area contributed by atoms with Gasteiger partial charge in [0.15, 0.2) is 5.70 Å². The van der Waals surface area contributed by atoms with Gasteiger partial charge in [0.25, 0.3) is 6.29 Å². The highest BCUT2D eigenvalue weighted by atomic mass is 16.7. The number of methoxy groups -OCH3 is 1. The second-order valence-electron chi connectivity index (χ2n) is 3.04. The minimum atomic E-state index is -0.907. The van der Waals surface area contributed by atoms with E-state index in [1.54, 1.807) is 6.92 Å². The quantitative estimate of drug-likeness (QED) is 0.304. The van der Waals surface area contributed by atoms with Crippen molar-refractivity contribution in [1.29, 1.82) is 0 Å². The standard InChI is InChI=1S/C10H11NO6/c1-6-3-8(17-9(6)13)16-4-7(11-5-12)10(14)15-2/h3-5,8H,1-2H3,(H,11,12). The molecular weight excluding hydrogens is 230 g/mol. The summed E-state index contributed by atoms with van der Waals surface area (Å²) >= 11 is 0. The van der Waals surface area contributed by atoms with Crippen LogP contribution >= 0.6 is 0 Å². The van der Waals surface area contributed by atoms with Crippen molar-refractivity contribution >= 4 is 18.3 Å². The van der Waals surface area contributed by atoms with Crippen LogP contribution in [0.4, 0.5) is 0 Å². The van der Waals surface area contributed by atoms with Crippen molar-refractivity contribution in [2.75, 3.05) is 7.11 Å². The number of nitrogens with one attached hydrogen (secondary N) is 1. The van der Waals surface area contributed by atoms with Gasteiger partial charge in [-0.05, 0) is 6.92 Å². The van der Waals surface area contributed by atoms with E-state index in [-0.39, 0.29) is 5.70 Å². The Kier molecular flexibility index (Phi) is 4.27. The molecule has 7 nitrogen and oxygen atoms in total. The Hall–Kier alpha value is -2.31. The SMILES string of the molecule is COC(=O)C(=COC1C=C(C)C(=O)O1)NC=O. The predicted molar refractivity (Wildman–Crippen MR) is 54.0 cm³/mol. The van der Waals surface area contributed by atoms with Crippen molar-refractivity contribution < 1.29 is 28.6 Å². The molecule has 1 unspecified atom stereocenters. The molecular formula is C10H11NO6. The van der Waals surface area contributed by atoms with Gasteiger partial charge in [0.2, 0.25) is 6.41 Å². The Balaban J connectivity index is 2.64. The summed E-state index contributed by atoms with van der Waals surface area (Å²) in [6.07, 6.45) is 1.78. The third-order valence-corrected chi connectivity index (χ3v) is 1.87. The zero-order valence-corrected chi connectivity index (χ0v) is 9.26. The van der Waals surface area contributed by atoms with E-state index in [4.69, 9.17) is 9.47 Å². The van der Waals surface area contributed by atoms with Crippen LogP contribution in [0.3, 0.4) is 0 Å². The van der Waals surface area contributed by atoms with E-state index in [1.807, 2.05) is 0 Å². The van der Waals surface area contributed by atoms with Crippen LogP contribution in [0.5, 0.6) is 0 Å². The molecule has 0 fully saturated rings. The molecule has 0 saturated carbocycles. The molecule has 1 amide bonds. The summed E-state index contributed by atoms with van der Waals surface area (Å²) in [6.45, 7) is 1.57. The van der Waals surface area contributed by atoms with Gasteiger partial charge in [-0.15, -0.1) is 0 Å². The average molecular weight is 241 g/mol. The summed E-state index contributed by atoms with van der Waals surface area (Å²) in [4.78, 5) is 32.3. The molecule has 1 aliphatic heterocycles. The van der Waals surface area contributed by atoms with Crippen molar-refractivity contribution in [2.24, 2.45) is 0 Å². The summed E-state index contributed by atoms with van der Waals surface area (Å²) in [5.41, 5.74) is 0.211. The van der Waals surface area contributed by atoms with E-state index in [2.05, 4.69) is 10.1 Å². The third-order valence-electron chi connectivity index (χ3n) is 1.87. The number of carbonyl (C=O) groups is 3. The van der Waals surface area contributed by atoms with Crippen molar-refractivity contribution in [2.45, 2.75) is 13.2 Å². The Morgan fingerprint density at radius 1 is 1.59 bits per heavy atom. The summed E-state index contributed by atoms with van der Waals surface area (Å²) in [7, 11) is 1.16. The van der Waals surface area contributed by atoms with E-state index >= 15 is 0 Å². The molecule has 0 radical (unpaired) electrons. The van der Waals surface area contributed by atoms with Crippen molar-refractivity contribution in [3.8, 4) is 0 Å². The van der Waals surface area contributed by atoms with Crippen LogP contribution in [-0.2, 0) is 28.6 Å². The van der Waals surface area contributed by atoms with Crippen molar-refractivity contribution in [3.05, 3.63) is 23.6 Å². The van der Waals surface area contributed by atoms with Crippen molar-refractivity contribution in [3.63, 3.8) is 0 Å². The van der Waals surface area contributed by atoms with E-state index in [1.165, 1.54) is 6.08 Å². The molecule has 0 bridgehead atoms. The molecule has 7 heteroatoms. The van der Waals surface area contributed by atoms with Crippen LogP contribution in [0.15, 0.2) is 23.6 Å². The van der Waals surface area contributed by atoms with Gasteiger partial charge >= 0.3 is 11.9 Å². The first kappa shape index (κ1) is 12.8. The first-order valence-corrected chi connectivity index (χ1v) is 4.62. The molecule has 0 aromatic carbocycles. The van der Waals surface area contributed by atoms with Crippen LogP contribution in [0.2, 0.25) is 0 Å². The fourth-order valence-corrected chi connectivity index (χ4v) is 1.02. The Bertz CT molecular complexity index is 398. The van der Waals surface area contributed by atoms with Gasteiger partial charge in [0, 0.05) is 11.6 Å². The van der Waals surface area contributed by atoms with Gasteiger partial charge in [-0.25, -0.2) is 9.59 Å². The van der Waals surface area contributed by atoms with Gasteiger partial charge in [0.05, 0.1) is 7.11 Å². The molecule has 17 heavy (non-hydrogen) atoms. The van der Waals surface area contributed by atoms with E-state index in [0.717, 1.165) is 13.4 Å². The van der Waals surface area contributed by atoms with Gasteiger partial charge < -0.3 is 19.5 Å². The Morgan fingerprint density at radius 2 is 2.29 bits per heavy atom. The fourth-order valence-electron chi connectivity index (χ4n) is 1.02. The van der Waals surface area contributed by atoms with Crippen LogP contribution in [0.1, 0.15) is 6.92 Å². The maximum atomic E-state index is 11.1. The van der Waals surface area contributed by atoms with Crippen LogP contribution in [-0.4, -0.2) is 31.7 Å². The molecule has 1 rings (SSSR count). The lowest BCUT2D eigenvalue weighted by atomic mass is 10.3. The summed E-state index contributed by atoms with van der Waals surface area (Å²) in [6, 6.07) is 0. The van der Waals surface area contributed by atoms with Gasteiger partial charge in [-0.1, -0.05) is 0 Å². The molecule has 1 heterocycles. The molecule has 0 spiro atoms. The average Bonchev–Trinajstić information content (AvgIpc) is 2.63. The minimum Gasteiger partial charge on any atom is -0.464 e. The van der Waals surface area contributed by atoms with Gasteiger partial charge in [0.1, 0.15) is 6.26 Å². The monoisotopic (exact) mass is 241 g/mol. The maximum Gasteiger partial charge on any atom is 0.357 e. The van der Waals surface area contributed by atoms with Gasteiger partial charge in [-0.2, -0.15) is 0 Å². The fraction of sp³-hybridized carbons (Fsp3) is 0.300. The van der Waals surface area contributed by atoms with Crippen LogP contribution in [0, 0.1) is 0 Å². The molecule has 1 atom stereocenters. The van der Waals surface area contributed by atoms with Crippen molar-refractivity contribution in [1.82, 2.24) is 5.32 Å². The van der Waals surface area contributed by atoms with E-state index < -0.39 is 18.2 Å². The van der Waals surface area contributed by atoms with E-state index in [0.29, 0.717) is 12.0 Å². The first-order valence-electron chi connectivity index (χ1n) is 4.62. The molecule has 0 aromatic heterocycles. The second kappa shape index (κ2) is 5.69. The highest BCUT2D eigenvalue weighted by Gasteiger charge is 2.23. The number of hydrogen-bond acceptors (Lipinski definition) is 6. The molecule has 92 valence electrons. The molecule has 0 saturated heterocycles. The number of ether oxygens (including phenoxy) is 3. The summed E-state index contributed by atoms with van der Waals surface area (Å²) in [5, 5.41) is 2.10. The smallest absolute Gasteiger partial charge is 0.357 e. The van der Waals surface area contributed by atoms with E-state index in [9.17, 15) is 14.4 Å². The molecule has 0 aliphatic carbocycles. The number of amides is 1. The third kappa shape index (κ3) is 3.33. The second-order valence-corrected chi connectivity index (χ2v) is 3.04. The lowest BCUT2D eigenvalue weighted by Gasteiger charge is -2.09. The minimum absolute atomic E-state index is 0.198. The molecule has 1 aliphatic rings.